The zero-order chi connectivity index (χ0) is 19.5. The van der Waals surface area contributed by atoms with Crippen LogP contribution in [0.3, 0.4) is 0 Å². The number of carbonyl (C=O) groups excluding carboxylic acids is 1. The van der Waals surface area contributed by atoms with Gasteiger partial charge in [-0.1, -0.05) is 47.1 Å². The first kappa shape index (κ1) is 19.8. The molecule has 3 aromatic rings. The summed E-state index contributed by atoms with van der Waals surface area (Å²) in [6, 6.07) is 9.87. The van der Waals surface area contributed by atoms with Crippen LogP contribution in [0.25, 0.3) is 0 Å². The van der Waals surface area contributed by atoms with Crippen LogP contribution >= 0.6 is 46.3 Å². The Morgan fingerprint density at radius 1 is 1.29 bits per heavy atom. The molecule has 1 aliphatic rings. The quantitative estimate of drug-likeness (QED) is 0.489. The minimum atomic E-state index is -0.0684. The molecule has 2 heterocycles. The Hall–Kier alpha value is -1.54. The second kappa shape index (κ2) is 8.86. The molecule has 1 aliphatic carbocycles. The fourth-order valence-electron chi connectivity index (χ4n) is 2.83. The van der Waals surface area contributed by atoms with Crippen molar-refractivity contribution < 1.29 is 4.79 Å². The molecule has 2 aromatic heterocycles. The Morgan fingerprint density at radius 3 is 2.86 bits per heavy atom. The van der Waals surface area contributed by atoms with Crippen LogP contribution in [0.15, 0.2) is 40.9 Å². The highest BCUT2D eigenvalue weighted by Crippen LogP contribution is 2.39. The van der Waals surface area contributed by atoms with Gasteiger partial charge in [0.2, 0.25) is 5.91 Å². The lowest BCUT2D eigenvalue weighted by Crippen LogP contribution is -2.24. The zero-order valence-corrected chi connectivity index (χ0v) is 18.0. The molecule has 0 bridgehead atoms. The van der Waals surface area contributed by atoms with E-state index >= 15 is 0 Å². The lowest BCUT2D eigenvalue weighted by Gasteiger charge is -2.09. The first-order chi connectivity index (χ1) is 13.6. The van der Waals surface area contributed by atoms with E-state index < -0.39 is 0 Å². The highest BCUT2D eigenvalue weighted by atomic mass is 35.5. The molecule has 0 unspecified atom stereocenters. The first-order valence-electron chi connectivity index (χ1n) is 8.89. The fourth-order valence-corrected chi connectivity index (χ4v) is 4.87. The van der Waals surface area contributed by atoms with Gasteiger partial charge in [-0.25, -0.2) is 0 Å². The molecular weight excluding hydrogens is 435 g/mol. The number of amides is 1. The van der Waals surface area contributed by atoms with Crippen LogP contribution in [-0.4, -0.2) is 26.4 Å². The SMILES string of the molecule is O=C(CSc1nnc(Cc2cccs2)n1C1CC1)NCc1ccc(Cl)cc1Cl. The van der Waals surface area contributed by atoms with E-state index in [1.165, 1.54) is 16.6 Å². The number of rotatable bonds is 8. The van der Waals surface area contributed by atoms with E-state index in [1.54, 1.807) is 23.5 Å². The Kier molecular flexibility index (Phi) is 6.25. The van der Waals surface area contributed by atoms with Crippen molar-refractivity contribution in [1.29, 1.82) is 0 Å². The minimum Gasteiger partial charge on any atom is -0.351 e. The summed E-state index contributed by atoms with van der Waals surface area (Å²) in [6.45, 7) is 0.369. The van der Waals surface area contributed by atoms with Gasteiger partial charge in [-0.3, -0.25) is 4.79 Å². The second-order valence-electron chi connectivity index (χ2n) is 6.56. The standard InChI is InChI=1S/C19H18Cl2N4OS2/c20-13-4-3-12(16(21)8-13)10-22-18(26)11-28-19-24-23-17(25(19)14-5-6-14)9-15-2-1-7-27-15/h1-4,7-8,14H,5-6,9-11H2,(H,22,26). The molecule has 1 N–H and O–H groups in total. The Balaban J connectivity index is 1.35. The number of thioether (sulfide) groups is 1. The number of nitrogens with zero attached hydrogens (tertiary/aromatic N) is 3. The molecule has 146 valence electrons. The number of thiophene rings is 1. The Morgan fingerprint density at radius 2 is 2.14 bits per heavy atom. The summed E-state index contributed by atoms with van der Waals surface area (Å²) in [7, 11) is 0. The highest BCUT2D eigenvalue weighted by molar-refractivity contribution is 7.99. The summed E-state index contributed by atoms with van der Waals surface area (Å²) in [5.41, 5.74) is 0.837. The van der Waals surface area contributed by atoms with Gasteiger partial charge in [-0.05, 0) is 42.0 Å². The molecule has 1 fully saturated rings. The largest absolute Gasteiger partial charge is 0.351 e. The number of nitrogens with one attached hydrogen (secondary N) is 1. The van der Waals surface area contributed by atoms with E-state index in [0.29, 0.717) is 22.6 Å². The van der Waals surface area contributed by atoms with Gasteiger partial charge in [0.25, 0.3) is 0 Å². The van der Waals surface area contributed by atoms with E-state index in [-0.39, 0.29) is 11.7 Å². The van der Waals surface area contributed by atoms with Crippen LogP contribution in [-0.2, 0) is 17.8 Å². The fraction of sp³-hybridized carbons (Fsp3) is 0.316. The number of hydrogen-bond donors (Lipinski definition) is 1. The summed E-state index contributed by atoms with van der Waals surface area (Å²) >= 11 is 15.2. The monoisotopic (exact) mass is 452 g/mol. The van der Waals surface area contributed by atoms with Gasteiger partial charge in [-0.15, -0.1) is 21.5 Å². The predicted octanol–water partition coefficient (Wildman–Crippen LogP) is 4.98. The Labute approximate surface area is 181 Å². The molecule has 1 aromatic carbocycles. The molecule has 0 aliphatic heterocycles. The molecular formula is C19H18Cl2N4OS2. The third kappa shape index (κ3) is 4.89. The van der Waals surface area contributed by atoms with Crippen molar-refractivity contribution >= 4 is 52.2 Å². The van der Waals surface area contributed by atoms with Gasteiger partial charge in [0, 0.05) is 33.9 Å². The van der Waals surface area contributed by atoms with Crippen molar-refractivity contribution in [3.8, 4) is 0 Å². The van der Waals surface area contributed by atoms with E-state index in [9.17, 15) is 4.79 Å². The molecule has 0 saturated heterocycles. The van der Waals surface area contributed by atoms with E-state index in [4.69, 9.17) is 23.2 Å². The molecule has 5 nitrogen and oxygen atoms in total. The van der Waals surface area contributed by atoms with Crippen molar-refractivity contribution in [2.75, 3.05) is 5.75 Å². The normalized spacial score (nSPS) is 13.6. The maximum atomic E-state index is 12.3. The van der Waals surface area contributed by atoms with Gasteiger partial charge >= 0.3 is 0 Å². The third-order valence-electron chi connectivity index (χ3n) is 4.38. The van der Waals surface area contributed by atoms with E-state index in [0.717, 1.165) is 35.8 Å². The van der Waals surface area contributed by atoms with Crippen LogP contribution in [0.2, 0.25) is 10.0 Å². The Bertz CT molecular complexity index is 970. The smallest absolute Gasteiger partial charge is 0.230 e. The maximum Gasteiger partial charge on any atom is 0.230 e. The molecule has 4 rings (SSSR count). The van der Waals surface area contributed by atoms with Crippen molar-refractivity contribution in [1.82, 2.24) is 20.1 Å². The second-order valence-corrected chi connectivity index (χ2v) is 9.38. The predicted molar refractivity (Wildman–Crippen MR) is 114 cm³/mol. The molecule has 28 heavy (non-hydrogen) atoms. The van der Waals surface area contributed by atoms with Crippen LogP contribution in [0.5, 0.6) is 0 Å². The topological polar surface area (TPSA) is 59.8 Å². The number of carbonyl (C=O) groups is 1. The number of halogens is 2. The van der Waals surface area contributed by atoms with Crippen LogP contribution in [0.4, 0.5) is 0 Å². The highest BCUT2D eigenvalue weighted by Gasteiger charge is 2.29. The van der Waals surface area contributed by atoms with Gasteiger partial charge in [0.05, 0.1) is 5.75 Å². The van der Waals surface area contributed by atoms with Gasteiger partial charge < -0.3 is 9.88 Å². The number of aromatic nitrogens is 3. The van der Waals surface area contributed by atoms with Crippen molar-refractivity contribution in [2.45, 2.75) is 37.0 Å². The molecule has 0 spiro atoms. The van der Waals surface area contributed by atoms with Crippen LogP contribution < -0.4 is 5.32 Å². The third-order valence-corrected chi connectivity index (χ3v) is 6.79. The molecule has 1 amide bonds. The number of benzene rings is 1. The summed E-state index contributed by atoms with van der Waals surface area (Å²) < 4.78 is 2.20. The minimum absolute atomic E-state index is 0.0684. The van der Waals surface area contributed by atoms with E-state index in [2.05, 4.69) is 31.5 Å². The van der Waals surface area contributed by atoms with Crippen molar-refractivity contribution in [3.63, 3.8) is 0 Å². The molecule has 9 heteroatoms. The van der Waals surface area contributed by atoms with Gasteiger partial charge in [0.1, 0.15) is 5.82 Å². The van der Waals surface area contributed by atoms with Crippen molar-refractivity contribution in [3.05, 3.63) is 62.0 Å². The molecule has 0 radical (unpaired) electrons. The lowest BCUT2D eigenvalue weighted by atomic mass is 10.2. The lowest BCUT2D eigenvalue weighted by molar-refractivity contribution is -0.118. The van der Waals surface area contributed by atoms with Crippen LogP contribution in [0, 0.1) is 0 Å². The maximum absolute atomic E-state index is 12.3. The van der Waals surface area contributed by atoms with E-state index in [1.807, 2.05) is 12.1 Å². The first-order valence-corrected chi connectivity index (χ1v) is 11.5. The van der Waals surface area contributed by atoms with Crippen molar-refractivity contribution in [2.24, 2.45) is 0 Å². The van der Waals surface area contributed by atoms with Gasteiger partial charge in [-0.2, -0.15) is 0 Å². The summed E-state index contributed by atoms with van der Waals surface area (Å²) in [4.78, 5) is 13.5. The summed E-state index contributed by atoms with van der Waals surface area (Å²) in [5, 5.41) is 15.6. The molecule has 0 atom stereocenters. The average Bonchev–Trinajstić information content (AvgIpc) is 3.22. The average molecular weight is 453 g/mol. The number of hydrogen-bond acceptors (Lipinski definition) is 5. The summed E-state index contributed by atoms with van der Waals surface area (Å²) in [5.74, 6) is 1.19. The summed E-state index contributed by atoms with van der Waals surface area (Å²) in [6.07, 6.45) is 3.07. The van der Waals surface area contributed by atoms with Crippen LogP contribution in [0.1, 0.15) is 35.1 Å². The zero-order valence-electron chi connectivity index (χ0n) is 14.9. The molecule has 1 saturated carbocycles. The van der Waals surface area contributed by atoms with Gasteiger partial charge in [0.15, 0.2) is 5.16 Å².